The summed E-state index contributed by atoms with van der Waals surface area (Å²) in [6, 6.07) is 20.9. The van der Waals surface area contributed by atoms with Crippen LogP contribution in [0.2, 0.25) is 0 Å². The van der Waals surface area contributed by atoms with Crippen molar-refractivity contribution >= 4 is 37.5 Å². The maximum Gasteiger partial charge on any atom is 0.209 e. The fourth-order valence-electron chi connectivity index (χ4n) is 5.07. The van der Waals surface area contributed by atoms with Gasteiger partial charge in [-0.25, -0.2) is 17.5 Å². The minimum atomic E-state index is -3.41. The zero-order valence-corrected chi connectivity index (χ0v) is 23.6. The molecule has 0 aliphatic rings. The summed E-state index contributed by atoms with van der Waals surface area (Å²) >= 11 is 0. The van der Waals surface area contributed by atoms with Crippen LogP contribution in [0.15, 0.2) is 79.1 Å². The number of fused-ring (bicyclic) bond motifs is 2. The Labute approximate surface area is 237 Å². The lowest BCUT2D eigenvalue weighted by Gasteiger charge is -2.11. The van der Waals surface area contributed by atoms with Crippen LogP contribution in [0.1, 0.15) is 19.4 Å². The van der Waals surface area contributed by atoms with Crippen molar-refractivity contribution in [2.75, 3.05) is 11.6 Å². The van der Waals surface area contributed by atoms with Gasteiger partial charge < -0.3 is 10.3 Å². The molecule has 0 aliphatic heterocycles. The molecular formula is C31H29FN6O2S. The number of rotatable bonds is 8. The molecule has 3 aromatic heterocycles. The van der Waals surface area contributed by atoms with Crippen molar-refractivity contribution in [2.24, 2.45) is 0 Å². The lowest BCUT2D eigenvalue weighted by atomic mass is 9.99. The van der Waals surface area contributed by atoms with Crippen LogP contribution in [0.3, 0.4) is 0 Å². The molecule has 0 unspecified atom stereocenters. The Hall–Kier alpha value is -4.54. The SMILES string of the molecule is CC(C)Nc1cncc(-c2ccc3[nH]nc(-c4cc5c(-c6cc(F)cc(CNS(C)(=O)=O)c6)cccc5[nH]4)c3c2)c1. The minimum absolute atomic E-state index is 0.00547. The summed E-state index contributed by atoms with van der Waals surface area (Å²) in [4.78, 5) is 7.89. The van der Waals surface area contributed by atoms with Gasteiger partial charge in [-0.05, 0) is 84.6 Å². The van der Waals surface area contributed by atoms with Gasteiger partial charge in [0.15, 0.2) is 0 Å². The van der Waals surface area contributed by atoms with Gasteiger partial charge in [0.1, 0.15) is 11.5 Å². The van der Waals surface area contributed by atoms with E-state index in [9.17, 15) is 12.8 Å². The van der Waals surface area contributed by atoms with Gasteiger partial charge in [0.2, 0.25) is 10.0 Å². The molecule has 4 N–H and O–H groups in total. The molecule has 3 heterocycles. The number of pyridine rings is 1. The van der Waals surface area contributed by atoms with Crippen LogP contribution in [0.25, 0.3) is 55.4 Å². The molecule has 0 saturated heterocycles. The van der Waals surface area contributed by atoms with E-state index in [-0.39, 0.29) is 6.54 Å². The second kappa shape index (κ2) is 10.5. The smallest absolute Gasteiger partial charge is 0.209 e. The number of sulfonamides is 1. The van der Waals surface area contributed by atoms with Crippen molar-refractivity contribution in [1.29, 1.82) is 0 Å². The van der Waals surface area contributed by atoms with E-state index in [1.54, 1.807) is 6.07 Å². The zero-order valence-electron chi connectivity index (χ0n) is 22.8. The Balaban J connectivity index is 1.40. The van der Waals surface area contributed by atoms with Gasteiger partial charge in [-0.3, -0.25) is 10.1 Å². The standard InChI is InChI=1S/C31H29FN6O2S/c1-18(2)35-24-12-22(16-33-17-24)20-7-8-29-27(13-20)31(38-37-29)30-14-26-25(5-4-6-28(26)36-30)21-9-19(10-23(32)11-21)15-34-41(3,39)40/h4-14,16-18,34-36H,15H2,1-3H3,(H,37,38). The molecule has 3 aromatic carbocycles. The number of nitrogens with zero attached hydrogens (tertiary/aromatic N) is 2. The molecule has 0 fully saturated rings. The number of hydrogen-bond donors (Lipinski definition) is 4. The van der Waals surface area contributed by atoms with Crippen LogP contribution in [0, 0.1) is 5.82 Å². The molecule has 0 spiro atoms. The lowest BCUT2D eigenvalue weighted by molar-refractivity contribution is 0.586. The van der Waals surface area contributed by atoms with Crippen LogP contribution in [0.5, 0.6) is 0 Å². The topological polar surface area (TPSA) is 116 Å². The van der Waals surface area contributed by atoms with E-state index >= 15 is 0 Å². The van der Waals surface area contributed by atoms with E-state index in [1.165, 1.54) is 12.1 Å². The van der Waals surface area contributed by atoms with E-state index in [2.05, 4.69) is 56.2 Å². The molecule has 0 saturated carbocycles. The van der Waals surface area contributed by atoms with Crippen LogP contribution in [0.4, 0.5) is 10.1 Å². The highest BCUT2D eigenvalue weighted by Gasteiger charge is 2.15. The maximum absolute atomic E-state index is 14.6. The molecule has 208 valence electrons. The van der Waals surface area contributed by atoms with Gasteiger partial charge in [-0.2, -0.15) is 5.10 Å². The molecule has 6 rings (SSSR count). The molecule has 10 heteroatoms. The van der Waals surface area contributed by atoms with Crippen LogP contribution < -0.4 is 10.0 Å². The quantitative estimate of drug-likeness (QED) is 0.168. The number of aromatic nitrogens is 4. The number of aromatic amines is 2. The number of H-pyrrole nitrogens is 2. The van der Waals surface area contributed by atoms with Gasteiger partial charge >= 0.3 is 0 Å². The van der Waals surface area contributed by atoms with Crippen molar-refractivity contribution in [3.05, 3.63) is 90.5 Å². The number of halogens is 1. The summed E-state index contributed by atoms with van der Waals surface area (Å²) in [5.74, 6) is -0.437. The molecule has 41 heavy (non-hydrogen) atoms. The molecular weight excluding hydrogens is 539 g/mol. The number of hydrogen-bond acceptors (Lipinski definition) is 5. The number of nitrogens with one attached hydrogen (secondary N) is 4. The first kappa shape index (κ1) is 26.7. The molecule has 0 aliphatic carbocycles. The highest BCUT2D eigenvalue weighted by molar-refractivity contribution is 7.88. The summed E-state index contributed by atoms with van der Waals surface area (Å²) in [5, 5.41) is 13.0. The van der Waals surface area contributed by atoms with Gasteiger partial charge in [0.05, 0.1) is 23.2 Å². The van der Waals surface area contributed by atoms with Crippen LogP contribution in [-0.4, -0.2) is 40.9 Å². The molecule has 0 amide bonds. The zero-order chi connectivity index (χ0) is 28.7. The highest BCUT2D eigenvalue weighted by atomic mass is 32.2. The van der Waals surface area contributed by atoms with Crippen molar-refractivity contribution in [3.63, 3.8) is 0 Å². The van der Waals surface area contributed by atoms with Crippen molar-refractivity contribution in [1.82, 2.24) is 24.9 Å². The molecule has 0 atom stereocenters. The fourth-order valence-corrected chi connectivity index (χ4v) is 5.49. The summed E-state index contributed by atoms with van der Waals surface area (Å²) in [5.41, 5.74) is 8.36. The van der Waals surface area contributed by atoms with E-state index in [0.717, 1.165) is 61.8 Å². The summed E-state index contributed by atoms with van der Waals surface area (Å²) in [7, 11) is -3.41. The predicted octanol–water partition coefficient (Wildman–Crippen LogP) is 6.45. The Bertz CT molecular complexity index is 2010. The molecule has 8 nitrogen and oxygen atoms in total. The lowest BCUT2D eigenvalue weighted by Crippen LogP contribution is -2.21. The van der Waals surface area contributed by atoms with E-state index in [1.807, 2.05) is 48.8 Å². The first-order valence-electron chi connectivity index (χ1n) is 13.2. The summed E-state index contributed by atoms with van der Waals surface area (Å²) in [6.07, 6.45) is 4.74. The minimum Gasteiger partial charge on any atom is -0.382 e. The summed E-state index contributed by atoms with van der Waals surface area (Å²) in [6.45, 7) is 4.18. The van der Waals surface area contributed by atoms with Crippen molar-refractivity contribution in [3.8, 4) is 33.6 Å². The second-order valence-corrected chi connectivity index (χ2v) is 12.3. The Morgan fingerprint density at radius 1 is 0.902 bits per heavy atom. The van der Waals surface area contributed by atoms with Gasteiger partial charge in [0.25, 0.3) is 0 Å². The molecule has 0 radical (unpaired) electrons. The van der Waals surface area contributed by atoms with E-state index in [0.29, 0.717) is 17.2 Å². The monoisotopic (exact) mass is 568 g/mol. The van der Waals surface area contributed by atoms with Gasteiger partial charge in [0, 0.05) is 46.8 Å². The molecule has 0 bridgehead atoms. The largest absolute Gasteiger partial charge is 0.382 e. The first-order valence-corrected chi connectivity index (χ1v) is 15.1. The number of anilines is 1. The highest BCUT2D eigenvalue weighted by Crippen LogP contribution is 2.36. The van der Waals surface area contributed by atoms with E-state index < -0.39 is 15.8 Å². The van der Waals surface area contributed by atoms with Gasteiger partial charge in [-0.15, -0.1) is 0 Å². The fraction of sp³-hybridized carbons (Fsp3) is 0.161. The van der Waals surface area contributed by atoms with E-state index in [4.69, 9.17) is 0 Å². The normalized spacial score (nSPS) is 12.0. The first-order chi connectivity index (χ1) is 19.6. The Morgan fingerprint density at radius 2 is 1.76 bits per heavy atom. The average molecular weight is 569 g/mol. The van der Waals surface area contributed by atoms with Crippen molar-refractivity contribution < 1.29 is 12.8 Å². The van der Waals surface area contributed by atoms with Gasteiger partial charge in [-0.1, -0.05) is 18.2 Å². The third-order valence-electron chi connectivity index (χ3n) is 6.82. The third-order valence-corrected chi connectivity index (χ3v) is 7.48. The Morgan fingerprint density at radius 3 is 2.56 bits per heavy atom. The molecule has 6 aromatic rings. The summed E-state index contributed by atoms with van der Waals surface area (Å²) < 4.78 is 40.1. The van der Waals surface area contributed by atoms with Crippen LogP contribution in [-0.2, 0) is 16.6 Å². The van der Waals surface area contributed by atoms with Crippen molar-refractivity contribution in [2.45, 2.75) is 26.4 Å². The average Bonchev–Trinajstić information content (AvgIpc) is 3.54. The third kappa shape index (κ3) is 5.70. The van der Waals surface area contributed by atoms with Crippen LogP contribution >= 0.6 is 0 Å². The maximum atomic E-state index is 14.6. The predicted molar refractivity (Wildman–Crippen MR) is 162 cm³/mol. The second-order valence-electron chi connectivity index (χ2n) is 10.5. The Kier molecular flexibility index (Phi) is 6.80. The number of benzene rings is 3.